The molecule has 0 bridgehead atoms. The number of aryl methyl sites for hydroxylation is 2. The maximum Gasteiger partial charge on any atom is 0.313 e. The van der Waals surface area contributed by atoms with E-state index in [4.69, 9.17) is 9.47 Å². The van der Waals surface area contributed by atoms with Gasteiger partial charge in [-0.3, -0.25) is 19.2 Å². The van der Waals surface area contributed by atoms with Gasteiger partial charge in [-0.25, -0.2) is 0 Å². The molecule has 7 atom stereocenters. The molecule has 0 radical (unpaired) electrons. The van der Waals surface area contributed by atoms with Gasteiger partial charge < -0.3 is 29.3 Å². The van der Waals surface area contributed by atoms with Gasteiger partial charge in [-0.15, -0.1) is 0 Å². The van der Waals surface area contributed by atoms with Gasteiger partial charge >= 0.3 is 5.97 Å². The molecule has 2 saturated heterocycles. The zero-order chi connectivity index (χ0) is 35.6. The van der Waals surface area contributed by atoms with Gasteiger partial charge in [0.2, 0.25) is 11.8 Å². The van der Waals surface area contributed by atoms with E-state index in [9.17, 15) is 24.3 Å². The van der Waals surface area contributed by atoms with E-state index in [0.717, 1.165) is 35.2 Å². The lowest BCUT2D eigenvalue weighted by Gasteiger charge is -2.36. The number of unbranched alkanes of at least 4 members (excludes halogenated alkanes) is 3. The number of rotatable bonds is 8. The van der Waals surface area contributed by atoms with Gasteiger partial charge in [0.25, 0.3) is 5.91 Å². The van der Waals surface area contributed by atoms with Gasteiger partial charge in [0.15, 0.2) is 0 Å². The molecule has 1 spiro atoms. The molecule has 4 aliphatic rings. The second-order valence-corrected chi connectivity index (χ2v) is 14.1. The summed E-state index contributed by atoms with van der Waals surface area (Å²) in [6.07, 6.45) is 9.25. The molecule has 10 nitrogen and oxygen atoms in total. The predicted octanol–water partition coefficient (Wildman–Crippen LogP) is 4.82. The number of benzene rings is 2. The molecule has 6 rings (SSSR count). The maximum absolute atomic E-state index is 14.9. The van der Waals surface area contributed by atoms with E-state index in [1.165, 1.54) is 0 Å². The summed E-state index contributed by atoms with van der Waals surface area (Å²) in [4.78, 5) is 62.4. The monoisotopic (exact) mass is 683 g/mol. The maximum atomic E-state index is 14.9. The quantitative estimate of drug-likeness (QED) is 0.241. The number of amides is 3. The number of carbonyl (C=O) groups is 4. The van der Waals surface area contributed by atoms with Gasteiger partial charge in [0.05, 0.1) is 18.1 Å². The van der Waals surface area contributed by atoms with Crippen molar-refractivity contribution in [2.75, 3.05) is 31.6 Å². The van der Waals surface area contributed by atoms with Crippen molar-refractivity contribution < 1.29 is 33.8 Å². The van der Waals surface area contributed by atoms with Gasteiger partial charge in [-0.05, 0) is 62.8 Å². The minimum absolute atomic E-state index is 0.0761. The van der Waals surface area contributed by atoms with Crippen LogP contribution in [-0.2, 0) is 28.7 Å². The Kier molecular flexibility index (Phi) is 10.6. The number of hydrogen-bond donors (Lipinski definition) is 1. The predicted molar refractivity (Wildman–Crippen MR) is 189 cm³/mol. The van der Waals surface area contributed by atoms with E-state index in [1.54, 1.807) is 27.8 Å². The lowest BCUT2D eigenvalue weighted by molar-refractivity contribution is -0.164. The lowest BCUT2D eigenvalue weighted by atomic mass is 9.77. The number of carbonyl (C=O) groups excluding carboxylic acids is 4. The molecule has 0 saturated carbocycles. The van der Waals surface area contributed by atoms with Crippen molar-refractivity contribution in [3.63, 3.8) is 0 Å². The van der Waals surface area contributed by atoms with Crippen molar-refractivity contribution in [2.45, 2.75) is 89.2 Å². The number of anilines is 1. The summed E-state index contributed by atoms with van der Waals surface area (Å²) in [5.41, 5.74) is 2.04. The molecule has 4 heterocycles. The first kappa shape index (κ1) is 35.5. The average molecular weight is 684 g/mol. The Hall–Kier alpha value is -4.28. The van der Waals surface area contributed by atoms with E-state index in [0.29, 0.717) is 25.8 Å². The zero-order valence-electron chi connectivity index (χ0n) is 29.5. The van der Waals surface area contributed by atoms with Crippen LogP contribution >= 0.6 is 0 Å². The fourth-order valence-electron chi connectivity index (χ4n) is 8.10. The smallest absolute Gasteiger partial charge is 0.313 e. The minimum Gasteiger partial charge on any atom is -0.455 e. The standard InChI is InChI=1S/C40H49N3O7/c1-26-19-20-27(2)30(25-26)42-23-14-21-40-34(37(46)43(36(40)38(42)47)22-12-5-6-13-24-44)33-31(50-40)17-10-11-18-32(45)41(4)28(3)35(49-39(33)48)29-15-8-7-9-16-29/h7-10,14-17,19-21,25,28,31,33-36,44H,5-6,11-13,18,22-24H2,1-4H3/b17-10-/t28-,31-,33+,34+,35+,36-,40+/m1/s1. The van der Waals surface area contributed by atoms with Crippen molar-refractivity contribution in [2.24, 2.45) is 11.8 Å². The van der Waals surface area contributed by atoms with E-state index in [2.05, 4.69) is 0 Å². The van der Waals surface area contributed by atoms with Crippen LogP contribution in [0.25, 0.3) is 0 Å². The molecular formula is C40H49N3O7. The number of aliphatic hydroxyl groups excluding tert-OH is 1. The fourth-order valence-corrected chi connectivity index (χ4v) is 8.10. The first-order valence-corrected chi connectivity index (χ1v) is 17.9. The number of allylic oxidation sites excluding steroid dienone is 1. The second kappa shape index (κ2) is 14.9. The molecule has 0 aliphatic carbocycles. The second-order valence-electron chi connectivity index (χ2n) is 14.1. The highest BCUT2D eigenvalue weighted by Crippen LogP contribution is 2.53. The summed E-state index contributed by atoms with van der Waals surface area (Å²) in [7, 11) is 1.72. The van der Waals surface area contributed by atoms with Crippen LogP contribution in [0.5, 0.6) is 0 Å². The summed E-state index contributed by atoms with van der Waals surface area (Å²) in [5.74, 6) is -3.26. The summed E-state index contributed by atoms with van der Waals surface area (Å²) < 4.78 is 13.3. The van der Waals surface area contributed by atoms with Crippen molar-refractivity contribution in [3.05, 3.63) is 89.5 Å². The molecule has 1 N–H and O–H groups in total. The highest BCUT2D eigenvalue weighted by atomic mass is 16.6. The summed E-state index contributed by atoms with van der Waals surface area (Å²) in [5, 5.41) is 9.30. The number of likely N-dealkylation sites (tertiary alicyclic amines) is 1. The molecule has 2 aromatic rings. The fraction of sp³-hybridized carbons (Fsp3) is 0.500. The van der Waals surface area contributed by atoms with E-state index < -0.39 is 47.7 Å². The number of fused-ring (bicyclic) bond motifs is 2. The largest absolute Gasteiger partial charge is 0.455 e. The van der Waals surface area contributed by atoms with E-state index in [1.807, 2.05) is 87.5 Å². The molecule has 2 aromatic carbocycles. The zero-order valence-corrected chi connectivity index (χ0v) is 29.5. The normalized spacial score (nSPS) is 30.6. The van der Waals surface area contributed by atoms with Crippen LogP contribution in [0, 0.1) is 25.7 Å². The highest BCUT2D eigenvalue weighted by molar-refractivity contribution is 6.06. The Labute approximate surface area is 294 Å². The van der Waals surface area contributed by atoms with Crippen LogP contribution in [0.2, 0.25) is 0 Å². The Morgan fingerprint density at radius 2 is 1.70 bits per heavy atom. The Bertz CT molecular complexity index is 1660. The first-order valence-electron chi connectivity index (χ1n) is 17.9. The number of likely N-dealkylation sites (N-methyl/N-ethyl adjacent to an activating group) is 1. The van der Waals surface area contributed by atoms with E-state index in [-0.39, 0.29) is 37.3 Å². The van der Waals surface area contributed by atoms with Gasteiger partial charge in [-0.2, -0.15) is 0 Å². The Morgan fingerprint density at radius 3 is 2.46 bits per heavy atom. The van der Waals surface area contributed by atoms with Gasteiger partial charge in [0.1, 0.15) is 23.7 Å². The molecule has 4 aliphatic heterocycles. The highest BCUT2D eigenvalue weighted by Gasteiger charge is 2.71. The Balaban J connectivity index is 1.43. The molecule has 10 heteroatoms. The minimum atomic E-state index is -1.41. The van der Waals surface area contributed by atoms with Crippen molar-refractivity contribution >= 4 is 29.4 Å². The van der Waals surface area contributed by atoms with Gasteiger partial charge in [-0.1, -0.05) is 79.6 Å². The van der Waals surface area contributed by atoms with Crippen molar-refractivity contribution in [1.29, 1.82) is 0 Å². The number of aliphatic hydroxyl groups is 1. The van der Waals surface area contributed by atoms with Crippen molar-refractivity contribution in [3.8, 4) is 0 Å². The molecule has 0 unspecified atom stereocenters. The van der Waals surface area contributed by atoms with Crippen LogP contribution < -0.4 is 4.90 Å². The number of ether oxygens (including phenoxy) is 2. The lowest BCUT2D eigenvalue weighted by Crippen LogP contribution is -2.55. The van der Waals surface area contributed by atoms with Crippen LogP contribution in [0.3, 0.4) is 0 Å². The summed E-state index contributed by atoms with van der Waals surface area (Å²) >= 11 is 0. The third-order valence-electron chi connectivity index (χ3n) is 10.9. The number of nitrogens with zero attached hydrogens (tertiary/aromatic N) is 3. The SMILES string of the molecule is Cc1ccc(C)c(N2CC=C[C@]34O[C@@H]5/C=C\CCC(=O)N(C)[C@H](C)[C@@H](c6ccccc6)OC(=O)[C@@H]5[C@H]3C(=O)N(CCCCCCO)[C@@H]4C2=O)c1. The number of cyclic esters (lactones) is 1. The molecule has 0 aromatic heterocycles. The molecule has 266 valence electrons. The summed E-state index contributed by atoms with van der Waals surface area (Å²) in [6, 6.07) is 13.8. The average Bonchev–Trinajstić information content (AvgIpc) is 3.49. The molecule has 3 amide bonds. The number of esters is 1. The van der Waals surface area contributed by atoms with Crippen LogP contribution in [0.4, 0.5) is 5.69 Å². The third-order valence-corrected chi connectivity index (χ3v) is 10.9. The van der Waals surface area contributed by atoms with Crippen LogP contribution in [0.1, 0.15) is 68.2 Å². The summed E-state index contributed by atoms with van der Waals surface area (Å²) in [6.45, 7) is 6.51. The first-order chi connectivity index (χ1) is 24.1. The van der Waals surface area contributed by atoms with E-state index >= 15 is 0 Å². The molecular weight excluding hydrogens is 634 g/mol. The van der Waals surface area contributed by atoms with Crippen LogP contribution in [0.15, 0.2) is 72.8 Å². The number of hydrogen-bond acceptors (Lipinski definition) is 7. The Morgan fingerprint density at radius 1 is 0.940 bits per heavy atom. The topological polar surface area (TPSA) is 117 Å². The van der Waals surface area contributed by atoms with Gasteiger partial charge in [0, 0.05) is 38.9 Å². The third kappa shape index (κ3) is 6.51. The van der Waals surface area contributed by atoms with Crippen LogP contribution in [-0.4, -0.2) is 89.1 Å². The molecule has 2 fully saturated rings. The van der Waals surface area contributed by atoms with Crippen molar-refractivity contribution in [1.82, 2.24) is 9.80 Å². The molecule has 50 heavy (non-hydrogen) atoms.